The van der Waals surface area contributed by atoms with E-state index in [0.29, 0.717) is 17.5 Å². The van der Waals surface area contributed by atoms with Crippen LogP contribution in [0.3, 0.4) is 0 Å². The predicted molar refractivity (Wildman–Crippen MR) is 113 cm³/mol. The molecule has 0 aliphatic carbocycles. The van der Waals surface area contributed by atoms with E-state index in [1.807, 2.05) is 36.6 Å². The van der Waals surface area contributed by atoms with E-state index in [-0.39, 0.29) is 18.0 Å². The Morgan fingerprint density at radius 2 is 2.11 bits per heavy atom. The lowest BCUT2D eigenvalue weighted by atomic mass is 10.2. The number of carbonyl (C=O) groups excluding carboxylic acids is 1. The lowest BCUT2D eigenvalue weighted by Crippen LogP contribution is -2.17. The van der Waals surface area contributed by atoms with Crippen LogP contribution in [0.2, 0.25) is 0 Å². The molecule has 148 valence electrons. The summed E-state index contributed by atoms with van der Waals surface area (Å²) in [5.74, 6) is 0.519. The second-order valence-electron chi connectivity index (χ2n) is 6.43. The zero-order chi connectivity index (χ0) is 19.9. The topological polar surface area (TPSA) is 92.7 Å². The first kappa shape index (κ1) is 20.3. The molecule has 0 unspecified atom stereocenters. The van der Waals surface area contributed by atoms with Gasteiger partial charge in [-0.15, -0.1) is 16.4 Å². The summed E-state index contributed by atoms with van der Waals surface area (Å²) in [7, 11) is 0. The largest absolute Gasteiger partial charge is 0.343 e. The van der Waals surface area contributed by atoms with Crippen LogP contribution >= 0.6 is 23.1 Å². The maximum atomic E-state index is 12.2. The maximum absolute atomic E-state index is 12.2. The molecule has 0 fully saturated rings. The van der Waals surface area contributed by atoms with Gasteiger partial charge >= 0.3 is 5.69 Å². The summed E-state index contributed by atoms with van der Waals surface area (Å²) in [6, 6.07) is 7.70. The first-order chi connectivity index (χ1) is 13.5. The Kier molecular flexibility index (Phi) is 7.05. The molecule has 0 spiro atoms. The van der Waals surface area contributed by atoms with Crippen LogP contribution in [0.5, 0.6) is 0 Å². The highest BCUT2D eigenvalue weighted by atomic mass is 32.2. The molecule has 0 atom stereocenters. The van der Waals surface area contributed by atoms with Gasteiger partial charge in [0.15, 0.2) is 5.16 Å². The molecule has 0 saturated carbocycles. The minimum Gasteiger partial charge on any atom is -0.326 e. The second kappa shape index (κ2) is 9.70. The first-order valence-corrected chi connectivity index (χ1v) is 11.0. The summed E-state index contributed by atoms with van der Waals surface area (Å²) in [5.41, 5.74) is 2.64. The summed E-state index contributed by atoms with van der Waals surface area (Å²) in [4.78, 5) is 28.6. The number of anilines is 1. The molecular formula is C19H23N5O2S2. The summed E-state index contributed by atoms with van der Waals surface area (Å²) in [6.07, 6.45) is 2.19. The van der Waals surface area contributed by atoms with Crippen LogP contribution in [0.1, 0.15) is 36.0 Å². The van der Waals surface area contributed by atoms with E-state index in [2.05, 4.69) is 27.4 Å². The van der Waals surface area contributed by atoms with Crippen molar-refractivity contribution in [1.29, 1.82) is 0 Å². The van der Waals surface area contributed by atoms with E-state index in [4.69, 9.17) is 0 Å². The van der Waals surface area contributed by atoms with Crippen molar-refractivity contribution in [3.05, 3.63) is 56.4 Å². The quantitative estimate of drug-likeness (QED) is 0.519. The fourth-order valence-corrected chi connectivity index (χ4v) is 4.30. The van der Waals surface area contributed by atoms with E-state index in [9.17, 15) is 9.59 Å². The van der Waals surface area contributed by atoms with Crippen molar-refractivity contribution in [1.82, 2.24) is 19.7 Å². The zero-order valence-corrected chi connectivity index (χ0v) is 17.5. The Balaban J connectivity index is 1.53. The third-order valence-electron chi connectivity index (χ3n) is 4.05. The SMILES string of the molecule is CCCCn1c(SCc2csc(CC(=O)Nc3ccc(C)cc3)n2)n[nH]c1=O. The third-order valence-corrected chi connectivity index (χ3v) is 5.96. The molecule has 2 N–H and O–H groups in total. The van der Waals surface area contributed by atoms with E-state index in [0.717, 1.165) is 34.8 Å². The van der Waals surface area contributed by atoms with E-state index >= 15 is 0 Å². The molecular weight excluding hydrogens is 394 g/mol. The predicted octanol–water partition coefficient (Wildman–Crippen LogP) is 3.61. The van der Waals surface area contributed by atoms with Gasteiger partial charge in [-0.1, -0.05) is 42.8 Å². The highest BCUT2D eigenvalue weighted by Crippen LogP contribution is 2.22. The number of thioether (sulfide) groups is 1. The molecule has 3 aromatic rings. The molecule has 9 heteroatoms. The van der Waals surface area contributed by atoms with Crippen LogP contribution in [0, 0.1) is 6.92 Å². The van der Waals surface area contributed by atoms with Crippen LogP contribution in [0.15, 0.2) is 39.6 Å². The number of unbranched alkanes of at least 4 members (excludes halogenated alkanes) is 1. The van der Waals surface area contributed by atoms with Gasteiger partial charge in [0.1, 0.15) is 5.01 Å². The Hall–Kier alpha value is -2.39. The molecule has 2 aromatic heterocycles. The van der Waals surface area contributed by atoms with Gasteiger partial charge in [0, 0.05) is 23.4 Å². The highest BCUT2D eigenvalue weighted by Gasteiger charge is 2.12. The van der Waals surface area contributed by atoms with Crippen molar-refractivity contribution >= 4 is 34.7 Å². The number of benzene rings is 1. The molecule has 7 nitrogen and oxygen atoms in total. The number of aromatic nitrogens is 4. The fourth-order valence-electron chi connectivity index (χ4n) is 2.54. The number of thiazole rings is 1. The normalized spacial score (nSPS) is 10.9. The molecule has 0 bridgehead atoms. The van der Waals surface area contributed by atoms with Crippen molar-refractivity contribution in [3.8, 4) is 0 Å². The number of nitrogens with zero attached hydrogens (tertiary/aromatic N) is 3. The van der Waals surface area contributed by atoms with Gasteiger partial charge in [-0.2, -0.15) is 0 Å². The highest BCUT2D eigenvalue weighted by molar-refractivity contribution is 7.98. The lowest BCUT2D eigenvalue weighted by Gasteiger charge is -2.04. The van der Waals surface area contributed by atoms with Gasteiger partial charge < -0.3 is 5.32 Å². The van der Waals surface area contributed by atoms with Crippen molar-refractivity contribution in [2.75, 3.05) is 5.32 Å². The van der Waals surface area contributed by atoms with Crippen LogP contribution in [0.25, 0.3) is 0 Å². The van der Waals surface area contributed by atoms with Gasteiger partial charge in [-0.05, 0) is 25.5 Å². The molecule has 28 heavy (non-hydrogen) atoms. The molecule has 1 aromatic carbocycles. The second-order valence-corrected chi connectivity index (χ2v) is 8.31. The Labute approximate surface area is 171 Å². The molecule has 0 aliphatic heterocycles. The molecule has 0 saturated heterocycles. The lowest BCUT2D eigenvalue weighted by molar-refractivity contribution is -0.115. The van der Waals surface area contributed by atoms with Gasteiger partial charge in [0.25, 0.3) is 0 Å². The van der Waals surface area contributed by atoms with E-state index < -0.39 is 0 Å². The van der Waals surface area contributed by atoms with E-state index in [1.165, 1.54) is 23.1 Å². The van der Waals surface area contributed by atoms with Crippen molar-refractivity contribution in [2.45, 2.75) is 50.6 Å². The molecule has 2 heterocycles. The van der Waals surface area contributed by atoms with Crippen LogP contribution in [-0.4, -0.2) is 25.7 Å². The number of amides is 1. The van der Waals surface area contributed by atoms with E-state index in [1.54, 1.807) is 4.57 Å². The van der Waals surface area contributed by atoms with Crippen molar-refractivity contribution in [2.24, 2.45) is 0 Å². The van der Waals surface area contributed by atoms with Gasteiger partial charge in [-0.25, -0.2) is 14.9 Å². The number of hydrogen-bond donors (Lipinski definition) is 2. The molecule has 0 radical (unpaired) electrons. The minimum atomic E-state index is -0.178. The third kappa shape index (κ3) is 5.56. The van der Waals surface area contributed by atoms with Gasteiger partial charge in [0.2, 0.25) is 5.91 Å². The number of aromatic amines is 1. The Morgan fingerprint density at radius 3 is 2.86 bits per heavy atom. The minimum absolute atomic E-state index is 0.0851. The summed E-state index contributed by atoms with van der Waals surface area (Å²) in [6.45, 7) is 4.76. The number of nitrogens with one attached hydrogen (secondary N) is 2. The standard InChI is InChI=1S/C19H23N5O2S2/c1-3-4-9-24-18(26)22-23-19(24)28-12-15-11-27-17(21-15)10-16(25)20-14-7-5-13(2)6-8-14/h5-8,11H,3-4,9-10,12H2,1-2H3,(H,20,25)(H,22,26). The van der Waals surface area contributed by atoms with Crippen molar-refractivity contribution in [3.63, 3.8) is 0 Å². The number of aryl methyl sites for hydroxylation is 1. The number of rotatable bonds is 9. The maximum Gasteiger partial charge on any atom is 0.343 e. The van der Waals surface area contributed by atoms with Gasteiger partial charge in [-0.3, -0.25) is 9.36 Å². The zero-order valence-electron chi connectivity index (χ0n) is 15.9. The van der Waals surface area contributed by atoms with Crippen LogP contribution < -0.4 is 11.0 Å². The average Bonchev–Trinajstić information content (AvgIpc) is 3.26. The van der Waals surface area contributed by atoms with Gasteiger partial charge in [0.05, 0.1) is 12.1 Å². The Morgan fingerprint density at radius 1 is 1.32 bits per heavy atom. The van der Waals surface area contributed by atoms with Crippen LogP contribution in [0.4, 0.5) is 5.69 Å². The molecule has 1 amide bonds. The van der Waals surface area contributed by atoms with Crippen molar-refractivity contribution < 1.29 is 4.79 Å². The molecule has 3 rings (SSSR count). The first-order valence-electron chi connectivity index (χ1n) is 9.13. The molecule has 0 aliphatic rings. The summed E-state index contributed by atoms with van der Waals surface area (Å²) >= 11 is 2.94. The number of H-pyrrole nitrogens is 1. The number of hydrogen-bond acceptors (Lipinski definition) is 6. The Bertz CT molecular complexity index is 975. The van der Waals surface area contributed by atoms with Crippen LogP contribution in [-0.2, 0) is 23.5 Å². The smallest absolute Gasteiger partial charge is 0.326 e. The summed E-state index contributed by atoms with van der Waals surface area (Å²) in [5, 5.41) is 12.9. The monoisotopic (exact) mass is 417 g/mol. The summed E-state index contributed by atoms with van der Waals surface area (Å²) < 4.78 is 1.66. The number of carbonyl (C=O) groups is 1. The fraction of sp³-hybridized carbons (Fsp3) is 0.368. The average molecular weight is 418 g/mol.